The maximum absolute atomic E-state index is 13.1. The highest BCUT2D eigenvalue weighted by atomic mass is 19.1. The fourth-order valence-corrected chi connectivity index (χ4v) is 2.80. The van der Waals surface area contributed by atoms with E-state index in [0.29, 0.717) is 18.5 Å². The van der Waals surface area contributed by atoms with Crippen LogP contribution in [-0.4, -0.2) is 40.6 Å². The molecule has 0 aliphatic carbocycles. The molecule has 3 heterocycles. The quantitative estimate of drug-likeness (QED) is 0.842. The van der Waals surface area contributed by atoms with Crippen molar-refractivity contribution >= 4 is 23.0 Å². The third-order valence-corrected chi connectivity index (χ3v) is 3.96. The maximum Gasteiger partial charge on any atom is 0.325 e. The van der Waals surface area contributed by atoms with Gasteiger partial charge in [0.15, 0.2) is 5.58 Å². The number of hydrogen-bond acceptors (Lipinski definition) is 5. The van der Waals surface area contributed by atoms with Crippen LogP contribution in [0.4, 0.5) is 9.18 Å². The average Bonchev–Trinajstić information content (AvgIpc) is 3.15. The van der Waals surface area contributed by atoms with Crippen LogP contribution < -0.4 is 5.32 Å². The summed E-state index contributed by atoms with van der Waals surface area (Å²) in [5, 5.41) is 2.68. The molecule has 0 saturated carbocycles. The first kappa shape index (κ1) is 13.2. The van der Waals surface area contributed by atoms with Gasteiger partial charge in [0.1, 0.15) is 23.4 Å². The summed E-state index contributed by atoms with van der Waals surface area (Å²) in [5.41, 5.74) is -0.210. The second-order valence-corrected chi connectivity index (χ2v) is 5.43. The molecule has 3 amide bonds. The van der Waals surface area contributed by atoms with Gasteiger partial charge >= 0.3 is 6.03 Å². The van der Waals surface area contributed by atoms with Crippen LogP contribution in [0.25, 0.3) is 11.1 Å². The van der Waals surface area contributed by atoms with Gasteiger partial charge in [0.25, 0.3) is 5.91 Å². The molecule has 1 aromatic heterocycles. The lowest BCUT2D eigenvalue weighted by Gasteiger charge is -2.17. The smallest absolute Gasteiger partial charge is 0.325 e. The molecule has 2 aliphatic rings. The van der Waals surface area contributed by atoms with Gasteiger partial charge in [-0.1, -0.05) is 0 Å². The van der Waals surface area contributed by atoms with Crippen LogP contribution in [0.15, 0.2) is 22.6 Å². The first-order valence-corrected chi connectivity index (χ1v) is 6.84. The van der Waals surface area contributed by atoms with E-state index in [2.05, 4.69) is 10.3 Å². The largest absolute Gasteiger partial charge is 0.439 e. The van der Waals surface area contributed by atoms with E-state index in [9.17, 15) is 14.0 Å². The standard InChI is InChI=1S/C14H12FN3O4/c15-8-1-2-9-10(5-8)22-11(16-9)6-18-12(19)14(17-13(18)20)3-4-21-7-14/h1-2,5H,3-4,6-7H2,(H,17,20). The highest BCUT2D eigenvalue weighted by Gasteiger charge is 2.53. The Labute approximate surface area is 124 Å². The van der Waals surface area contributed by atoms with Crippen molar-refractivity contribution in [1.82, 2.24) is 15.2 Å². The molecule has 0 bridgehead atoms. The van der Waals surface area contributed by atoms with Crippen molar-refractivity contribution in [3.63, 3.8) is 0 Å². The Morgan fingerprint density at radius 2 is 2.27 bits per heavy atom. The third kappa shape index (κ3) is 1.87. The van der Waals surface area contributed by atoms with Crippen molar-refractivity contribution in [3.8, 4) is 0 Å². The van der Waals surface area contributed by atoms with Gasteiger partial charge in [0, 0.05) is 19.1 Å². The number of amides is 3. The second-order valence-electron chi connectivity index (χ2n) is 5.43. The first-order valence-electron chi connectivity index (χ1n) is 6.84. The number of nitrogens with zero attached hydrogens (tertiary/aromatic N) is 2. The third-order valence-electron chi connectivity index (χ3n) is 3.96. The minimum Gasteiger partial charge on any atom is -0.439 e. The van der Waals surface area contributed by atoms with Crippen molar-refractivity contribution in [2.24, 2.45) is 0 Å². The summed E-state index contributed by atoms with van der Waals surface area (Å²) in [4.78, 5) is 29.7. The summed E-state index contributed by atoms with van der Waals surface area (Å²) in [7, 11) is 0. The van der Waals surface area contributed by atoms with E-state index < -0.39 is 17.4 Å². The minimum atomic E-state index is -0.963. The monoisotopic (exact) mass is 305 g/mol. The lowest BCUT2D eigenvalue weighted by molar-refractivity contribution is -0.131. The Balaban J connectivity index is 1.61. The summed E-state index contributed by atoms with van der Waals surface area (Å²) < 4.78 is 23.8. The summed E-state index contributed by atoms with van der Waals surface area (Å²) >= 11 is 0. The maximum atomic E-state index is 13.1. The number of urea groups is 1. The molecule has 2 fully saturated rings. The van der Waals surface area contributed by atoms with Crippen molar-refractivity contribution < 1.29 is 23.1 Å². The molecule has 0 radical (unpaired) electrons. The highest BCUT2D eigenvalue weighted by molar-refractivity contribution is 6.07. The van der Waals surface area contributed by atoms with Crippen LogP contribution in [-0.2, 0) is 16.1 Å². The first-order chi connectivity index (χ1) is 10.6. The topological polar surface area (TPSA) is 84.7 Å². The lowest BCUT2D eigenvalue weighted by Crippen LogP contribution is -2.47. The van der Waals surface area contributed by atoms with Gasteiger partial charge in [-0.3, -0.25) is 9.69 Å². The second kappa shape index (κ2) is 4.51. The molecular weight excluding hydrogens is 293 g/mol. The Kier molecular flexibility index (Phi) is 2.70. The molecule has 2 aliphatic heterocycles. The molecule has 7 nitrogen and oxygen atoms in total. The molecule has 1 spiro atoms. The molecule has 2 aromatic rings. The lowest BCUT2D eigenvalue weighted by atomic mass is 9.99. The average molecular weight is 305 g/mol. The zero-order chi connectivity index (χ0) is 15.3. The van der Waals surface area contributed by atoms with Gasteiger partial charge in [0.05, 0.1) is 6.61 Å². The number of benzene rings is 1. The molecule has 8 heteroatoms. The molecular formula is C14H12FN3O4. The van der Waals surface area contributed by atoms with Gasteiger partial charge in [-0.25, -0.2) is 14.2 Å². The van der Waals surface area contributed by atoms with E-state index in [1.807, 2.05) is 0 Å². The van der Waals surface area contributed by atoms with E-state index in [1.165, 1.54) is 18.2 Å². The molecule has 1 unspecified atom stereocenters. The molecule has 1 N–H and O–H groups in total. The van der Waals surface area contributed by atoms with Crippen LogP contribution in [0.3, 0.4) is 0 Å². The van der Waals surface area contributed by atoms with E-state index in [-0.39, 0.29) is 30.5 Å². The number of rotatable bonds is 2. The summed E-state index contributed by atoms with van der Waals surface area (Å²) in [6, 6.07) is 3.47. The van der Waals surface area contributed by atoms with Gasteiger partial charge in [0.2, 0.25) is 5.89 Å². The number of aromatic nitrogens is 1. The van der Waals surface area contributed by atoms with Crippen molar-refractivity contribution in [2.45, 2.75) is 18.5 Å². The number of carbonyl (C=O) groups is 2. The van der Waals surface area contributed by atoms with E-state index in [1.54, 1.807) is 0 Å². The zero-order valence-electron chi connectivity index (χ0n) is 11.5. The van der Waals surface area contributed by atoms with Crippen LogP contribution >= 0.6 is 0 Å². The fraction of sp³-hybridized carbons (Fsp3) is 0.357. The molecule has 2 saturated heterocycles. The molecule has 1 atom stereocenters. The van der Waals surface area contributed by atoms with Gasteiger partial charge < -0.3 is 14.5 Å². The minimum absolute atomic E-state index is 0.0945. The summed E-state index contributed by atoms with van der Waals surface area (Å²) in [6.07, 6.45) is 0.451. The number of ether oxygens (including phenoxy) is 1. The fourth-order valence-electron chi connectivity index (χ4n) is 2.80. The summed E-state index contributed by atoms with van der Waals surface area (Å²) in [6.45, 7) is 0.511. The predicted molar refractivity (Wildman–Crippen MR) is 71.2 cm³/mol. The van der Waals surface area contributed by atoms with Crippen LogP contribution in [0.2, 0.25) is 0 Å². The van der Waals surface area contributed by atoms with Crippen LogP contribution in [0.1, 0.15) is 12.3 Å². The zero-order valence-corrected chi connectivity index (χ0v) is 11.5. The van der Waals surface area contributed by atoms with Crippen molar-refractivity contribution in [3.05, 3.63) is 29.9 Å². The molecule has 4 rings (SSSR count). The number of carbonyl (C=O) groups excluding carboxylic acids is 2. The molecule has 114 valence electrons. The Bertz CT molecular complexity index is 781. The molecule has 1 aromatic carbocycles. The number of oxazole rings is 1. The van der Waals surface area contributed by atoms with Gasteiger partial charge in [-0.2, -0.15) is 0 Å². The number of halogens is 1. The predicted octanol–water partition coefficient (Wildman–Crippen LogP) is 1.18. The van der Waals surface area contributed by atoms with E-state index >= 15 is 0 Å². The highest BCUT2D eigenvalue weighted by Crippen LogP contribution is 2.28. The number of imide groups is 1. The van der Waals surface area contributed by atoms with Crippen LogP contribution in [0.5, 0.6) is 0 Å². The van der Waals surface area contributed by atoms with E-state index in [4.69, 9.17) is 9.15 Å². The number of hydrogen-bond donors (Lipinski definition) is 1. The Morgan fingerprint density at radius 1 is 1.41 bits per heavy atom. The SMILES string of the molecule is O=C1NC2(CCOC2)C(=O)N1Cc1nc2ccc(F)cc2o1. The van der Waals surface area contributed by atoms with E-state index in [0.717, 1.165) is 4.90 Å². The number of nitrogens with one attached hydrogen (secondary N) is 1. The van der Waals surface area contributed by atoms with Crippen LogP contribution in [0, 0.1) is 5.82 Å². The normalized spacial score (nSPS) is 24.7. The van der Waals surface area contributed by atoms with Gasteiger partial charge in [-0.05, 0) is 12.1 Å². The Hall–Kier alpha value is -2.48. The number of fused-ring (bicyclic) bond motifs is 1. The Morgan fingerprint density at radius 3 is 3.05 bits per heavy atom. The molecule has 22 heavy (non-hydrogen) atoms. The van der Waals surface area contributed by atoms with Gasteiger partial charge in [-0.15, -0.1) is 0 Å². The van der Waals surface area contributed by atoms with Crippen molar-refractivity contribution in [1.29, 1.82) is 0 Å². The summed E-state index contributed by atoms with van der Waals surface area (Å²) in [5.74, 6) is -0.601. The van der Waals surface area contributed by atoms with Crippen molar-refractivity contribution in [2.75, 3.05) is 13.2 Å².